The number of aromatic nitrogens is 3. The van der Waals surface area contributed by atoms with Gasteiger partial charge in [0.25, 0.3) is 5.91 Å². The average Bonchev–Trinajstić information content (AvgIpc) is 3.38. The van der Waals surface area contributed by atoms with E-state index in [9.17, 15) is 18.0 Å². The molecular weight excluding hydrogens is 357 g/mol. The van der Waals surface area contributed by atoms with Gasteiger partial charge in [0, 0.05) is 13.0 Å². The number of amides is 1. The number of hydrogen-bond acceptors (Lipinski definition) is 3. The third kappa shape index (κ3) is 3.30. The van der Waals surface area contributed by atoms with Crippen molar-refractivity contribution in [1.82, 2.24) is 14.8 Å². The molecule has 138 valence electrons. The zero-order chi connectivity index (χ0) is 19.1. The van der Waals surface area contributed by atoms with Gasteiger partial charge in [0.2, 0.25) is 5.95 Å². The Bertz CT molecular complexity index is 1020. The monoisotopic (exact) mass is 372 g/mol. The van der Waals surface area contributed by atoms with Crippen LogP contribution in [0.5, 0.6) is 0 Å². The summed E-state index contributed by atoms with van der Waals surface area (Å²) in [5.41, 5.74) is 0.968. The van der Waals surface area contributed by atoms with Gasteiger partial charge in [0.05, 0.1) is 17.0 Å². The Kier molecular flexibility index (Phi) is 4.18. The first kappa shape index (κ1) is 17.3. The first-order chi connectivity index (χ1) is 12.9. The number of anilines is 1. The van der Waals surface area contributed by atoms with E-state index in [0.717, 1.165) is 36.7 Å². The van der Waals surface area contributed by atoms with Gasteiger partial charge in [-0.2, -0.15) is 9.49 Å². The number of carbonyl (C=O) groups excluding carboxylic acids is 1. The summed E-state index contributed by atoms with van der Waals surface area (Å²) < 4.78 is 43.4. The number of nitrogens with zero attached hydrogens (tertiary/aromatic N) is 3. The molecule has 1 N–H and O–H groups in total. The van der Waals surface area contributed by atoms with Crippen molar-refractivity contribution in [3.05, 3.63) is 65.2 Å². The number of nitrogens with one attached hydrogen (secondary N) is 1. The molecular formula is C19H15F3N4O. The summed E-state index contributed by atoms with van der Waals surface area (Å²) in [4.78, 5) is 15.8. The average molecular weight is 372 g/mol. The second-order valence-corrected chi connectivity index (χ2v) is 6.44. The van der Waals surface area contributed by atoms with E-state index in [0.29, 0.717) is 11.6 Å². The maximum Gasteiger partial charge on any atom is 0.262 e. The van der Waals surface area contributed by atoms with Crippen LogP contribution in [0.2, 0.25) is 0 Å². The maximum atomic E-state index is 14.5. The van der Waals surface area contributed by atoms with Crippen LogP contribution in [0, 0.1) is 17.6 Å². The number of benzene rings is 1. The van der Waals surface area contributed by atoms with Gasteiger partial charge >= 0.3 is 0 Å². The minimum atomic E-state index is -1.04. The number of hydrogen-bond donors (Lipinski definition) is 1. The number of aryl methyl sites for hydroxylation is 1. The standard InChI is InChI=1S/C19H15F3N4O/c1-26-15(9-14(25-26)10-5-6-10)11-7-8-16(23-18(11)22)24-19(27)17-12(20)3-2-4-13(17)21/h2-4,7-10H,5-6H2,1H3,(H,23,24,27). The highest BCUT2D eigenvalue weighted by molar-refractivity contribution is 6.04. The predicted molar refractivity (Wildman–Crippen MR) is 92.7 cm³/mol. The van der Waals surface area contributed by atoms with Crippen LogP contribution in [-0.2, 0) is 7.05 Å². The van der Waals surface area contributed by atoms with Crippen molar-refractivity contribution in [2.75, 3.05) is 5.32 Å². The second-order valence-electron chi connectivity index (χ2n) is 6.44. The lowest BCUT2D eigenvalue weighted by Crippen LogP contribution is -2.17. The number of rotatable bonds is 4. The van der Waals surface area contributed by atoms with Gasteiger partial charge in [-0.1, -0.05) is 6.07 Å². The quantitative estimate of drug-likeness (QED) is 0.704. The van der Waals surface area contributed by atoms with Crippen molar-refractivity contribution >= 4 is 11.7 Å². The van der Waals surface area contributed by atoms with Crippen LogP contribution in [0.25, 0.3) is 11.3 Å². The summed E-state index contributed by atoms with van der Waals surface area (Å²) >= 11 is 0. The van der Waals surface area contributed by atoms with Crippen molar-refractivity contribution in [3.63, 3.8) is 0 Å². The molecule has 0 bridgehead atoms. The van der Waals surface area contributed by atoms with Crippen molar-refractivity contribution < 1.29 is 18.0 Å². The Morgan fingerprint density at radius 2 is 1.85 bits per heavy atom. The largest absolute Gasteiger partial charge is 0.306 e. The molecule has 0 atom stereocenters. The molecule has 0 spiro atoms. The number of pyridine rings is 1. The zero-order valence-corrected chi connectivity index (χ0v) is 14.3. The second kappa shape index (κ2) is 6.53. The van der Waals surface area contributed by atoms with Crippen molar-refractivity contribution in [3.8, 4) is 11.3 Å². The molecule has 2 aromatic heterocycles. The van der Waals surface area contributed by atoms with Gasteiger partial charge in [-0.3, -0.25) is 9.48 Å². The highest BCUT2D eigenvalue weighted by Crippen LogP contribution is 2.40. The Hall–Kier alpha value is -3.16. The van der Waals surface area contributed by atoms with Crippen LogP contribution in [-0.4, -0.2) is 20.7 Å². The highest BCUT2D eigenvalue weighted by Gasteiger charge is 2.27. The molecule has 1 saturated carbocycles. The highest BCUT2D eigenvalue weighted by atomic mass is 19.1. The van der Waals surface area contributed by atoms with E-state index in [1.807, 2.05) is 6.07 Å². The van der Waals surface area contributed by atoms with Gasteiger partial charge in [-0.15, -0.1) is 0 Å². The Labute approximate surface area is 152 Å². The first-order valence-corrected chi connectivity index (χ1v) is 8.40. The van der Waals surface area contributed by atoms with E-state index in [4.69, 9.17) is 0 Å². The molecule has 1 aromatic carbocycles. The van der Waals surface area contributed by atoms with E-state index in [-0.39, 0.29) is 11.4 Å². The Morgan fingerprint density at radius 1 is 1.15 bits per heavy atom. The Balaban J connectivity index is 1.59. The zero-order valence-electron chi connectivity index (χ0n) is 14.3. The fraction of sp³-hybridized carbons (Fsp3) is 0.211. The molecule has 4 rings (SSSR count). The molecule has 0 radical (unpaired) electrons. The minimum Gasteiger partial charge on any atom is -0.306 e. The van der Waals surface area contributed by atoms with Gasteiger partial charge < -0.3 is 5.32 Å². The van der Waals surface area contributed by atoms with E-state index < -0.39 is 29.1 Å². The van der Waals surface area contributed by atoms with E-state index >= 15 is 0 Å². The van der Waals surface area contributed by atoms with Crippen LogP contribution in [0.1, 0.15) is 34.8 Å². The van der Waals surface area contributed by atoms with E-state index in [1.165, 1.54) is 12.1 Å². The van der Waals surface area contributed by atoms with Crippen LogP contribution < -0.4 is 5.32 Å². The Morgan fingerprint density at radius 3 is 2.48 bits per heavy atom. The van der Waals surface area contributed by atoms with Crippen LogP contribution >= 0.6 is 0 Å². The maximum absolute atomic E-state index is 14.5. The fourth-order valence-electron chi connectivity index (χ4n) is 2.91. The third-order valence-corrected chi connectivity index (χ3v) is 4.45. The van der Waals surface area contributed by atoms with Gasteiger partial charge in [-0.05, 0) is 43.2 Å². The number of carbonyl (C=O) groups is 1. The van der Waals surface area contributed by atoms with Crippen LogP contribution in [0.4, 0.5) is 19.0 Å². The molecule has 0 saturated heterocycles. The van der Waals surface area contributed by atoms with E-state index in [1.54, 1.807) is 11.7 Å². The van der Waals surface area contributed by atoms with Crippen LogP contribution in [0.15, 0.2) is 36.4 Å². The van der Waals surface area contributed by atoms with Crippen LogP contribution in [0.3, 0.4) is 0 Å². The molecule has 1 fully saturated rings. The fourth-order valence-corrected chi connectivity index (χ4v) is 2.91. The molecule has 0 unspecified atom stereocenters. The number of halogens is 3. The first-order valence-electron chi connectivity index (χ1n) is 8.40. The lowest BCUT2D eigenvalue weighted by Gasteiger charge is -2.08. The van der Waals surface area contributed by atoms with Gasteiger partial charge in [0.15, 0.2) is 0 Å². The summed E-state index contributed by atoms with van der Waals surface area (Å²) in [5.74, 6) is -3.59. The summed E-state index contributed by atoms with van der Waals surface area (Å²) in [6, 6.07) is 7.73. The normalized spacial score (nSPS) is 13.6. The lowest BCUT2D eigenvalue weighted by molar-refractivity contribution is 0.101. The van der Waals surface area contributed by atoms with Gasteiger partial charge in [-0.25, -0.2) is 13.8 Å². The smallest absolute Gasteiger partial charge is 0.262 e. The summed E-state index contributed by atoms with van der Waals surface area (Å²) in [6.07, 6.45) is 2.16. The molecule has 3 aromatic rings. The third-order valence-electron chi connectivity index (χ3n) is 4.45. The summed E-state index contributed by atoms with van der Waals surface area (Å²) in [7, 11) is 1.72. The molecule has 5 nitrogen and oxygen atoms in total. The van der Waals surface area contributed by atoms with E-state index in [2.05, 4.69) is 15.4 Å². The van der Waals surface area contributed by atoms with Crippen molar-refractivity contribution in [1.29, 1.82) is 0 Å². The molecule has 1 aliphatic carbocycles. The molecule has 8 heteroatoms. The van der Waals surface area contributed by atoms with Crippen molar-refractivity contribution in [2.24, 2.45) is 7.05 Å². The topological polar surface area (TPSA) is 59.8 Å². The van der Waals surface area contributed by atoms with Gasteiger partial charge in [0.1, 0.15) is 23.0 Å². The SMILES string of the molecule is Cn1nc(C2CC2)cc1-c1ccc(NC(=O)c2c(F)cccc2F)nc1F. The molecule has 2 heterocycles. The molecule has 1 amide bonds. The molecule has 0 aliphatic heterocycles. The molecule has 1 aliphatic rings. The lowest BCUT2D eigenvalue weighted by atomic mass is 10.1. The molecule has 27 heavy (non-hydrogen) atoms. The summed E-state index contributed by atoms with van der Waals surface area (Å²) in [5, 5.41) is 6.60. The minimum absolute atomic E-state index is 0.145. The summed E-state index contributed by atoms with van der Waals surface area (Å²) in [6.45, 7) is 0. The predicted octanol–water partition coefficient (Wildman–Crippen LogP) is 4.03. The van der Waals surface area contributed by atoms with Crippen molar-refractivity contribution in [2.45, 2.75) is 18.8 Å².